The predicted molar refractivity (Wildman–Crippen MR) is 116 cm³/mol. The molecule has 0 N–H and O–H groups in total. The lowest BCUT2D eigenvalue weighted by atomic mass is 10.1. The van der Waals surface area contributed by atoms with E-state index in [-0.39, 0.29) is 5.69 Å². The second-order valence-electron chi connectivity index (χ2n) is 6.81. The van der Waals surface area contributed by atoms with E-state index in [2.05, 4.69) is 0 Å². The van der Waals surface area contributed by atoms with Gasteiger partial charge in [-0.2, -0.15) is 0 Å². The van der Waals surface area contributed by atoms with Crippen LogP contribution in [-0.2, 0) is 9.53 Å². The van der Waals surface area contributed by atoms with Crippen LogP contribution < -0.4 is 9.80 Å². The Labute approximate surface area is 177 Å². The Kier molecular flexibility index (Phi) is 5.62. The summed E-state index contributed by atoms with van der Waals surface area (Å²) in [6.07, 6.45) is 0. The van der Waals surface area contributed by atoms with Crippen molar-refractivity contribution in [3.8, 4) is 11.3 Å². The van der Waals surface area contributed by atoms with Crippen LogP contribution in [0.15, 0.2) is 60.0 Å². The summed E-state index contributed by atoms with van der Waals surface area (Å²) in [5.41, 5.74) is 2.30. The first-order valence-electron chi connectivity index (χ1n) is 9.42. The molecule has 1 saturated heterocycles. The van der Waals surface area contributed by atoms with Crippen LogP contribution in [0.2, 0.25) is 0 Å². The number of nitro groups is 1. The minimum absolute atomic E-state index is 0.0273. The lowest BCUT2D eigenvalue weighted by molar-refractivity contribution is -0.384. The van der Waals surface area contributed by atoms with Crippen molar-refractivity contribution < 1.29 is 14.5 Å². The Morgan fingerprint density at radius 3 is 2.63 bits per heavy atom. The van der Waals surface area contributed by atoms with E-state index in [1.807, 2.05) is 40.6 Å². The maximum absolute atomic E-state index is 12.6. The molecule has 0 radical (unpaired) electrons. The highest BCUT2D eigenvalue weighted by molar-refractivity contribution is 7.14. The van der Waals surface area contributed by atoms with Gasteiger partial charge in [0.15, 0.2) is 5.13 Å². The van der Waals surface area contributed by atoms with Crippen LogP contribution in [0.1, 0.15) is 0 Å². The van der Waals surface area contributed by atoms with E-state index < -0.39 is 16.9 Å². The number of hydrogen-bond acceptors (Lipinski definition) is 8. The molecule has 2 aromatic carbocycles. The molecular weight excluding hydrogens is 404 g/mol. The summed E-state index contributed by atoms with van der Waals surface area (Å²) >= 11 is 1.51. The fraction of sp³-hybridized carbons (Fsp3) is 0.238. The average Bonchev–Trinajstić information content (AvgIpc) is 3.29. The van der Waals surface area contributed by atoms with Crippen LogP contribution >= 0.6 is 11.3 Å². The zero-order valence-corrected chi connectivity index (χ0v) is 17.1. The van der Waals surface area contributed by atoms with Crippen molar-refractivity contribution in [1.82, 2.24) is 4.98 Å². The number of thiazole rings is 1. The standard InChI is InChI=1S/C21H20N4O4S/c1-29-20(26)19-13-23(21-22-16(14-30-21)15-7-3-2-4-8-15)11-12-24(19)17-9-5-6-10-18(17)25(27)28/h2-10,14,19H,11-13H2,1H3. The quantitative estimate of drug-likeness (QED) is 0.351. The number of aromatic nitrogens is 1. The topological polar surface area (TPSA) is 88.8 Å². The molecule has 2 heterocycles. The first kappa shape index (κ1) is 19.8. The fourth-order valence-electron chi connectivity index (χ4n) is 3.60. The number of para-hydroxylation sites is 2. The zero-order chi connectivity index (χ0) is 21.1. The molecule has 0 amide bonds. The van der Waals surface area contributed by atoms with Gasteiger partial charge < -0.3 is 14.5 Å². The summed E-state index contributed by atoms with van der Waals surface area (Å²) in [4.78, 5) is 32.1. The molecular formula is C21H20N4O4S. The normalized spacial score (nSPS) is 16.4. The highest BCUT2D eigenvalue weighted by Crippen LogP contribution is 2.33. The molecule has 9 heteroatoms. The monoisotopic (exact) mass is 424 g/mol. The van der Waals surface area contributed by atoms with Gasteiger partial charge in [0, 0.05) is 30.1 Å². The number of rotatable bonds is 5. The van der Waals surface area contributed by atoms with Crippen LogP contribution in [0.4, 0.5) is 16.5 Å². The van der Waals surface area contributed by atoms with E-state index in [1.165, 1.54) is 24.5 Å². The maximum atomic E-state index is 12.6. The van der Waals surface area contributed by atoms with Gasteiger partial charge in [-0.1, -0.05) is 42.5 Å². The molecule has 154 valence electrons. The number of nitrogens with zero attached hydrogens (tertiary/aromatic N) is 4. The second-order valence-corrected chi connectivity index (χ2v) is 7.64. The number of hydrogen-bond donors (Lipinski definition) is 0. The van der Waals surface area contributed by atoms with Crippen molar-refractivity contribution in [2.75, 3.05) is 36.5 Å². The summed E-state index contributed by atoms with van der Waals surface area (Å²) in [6, 6.07) is 15.7. The van der Waals surface area contributed by atoms with Crippen LogP contribution in [0.3, 0.4) is 0 Å². The van der Waals surface area contributed by atoms with Gasteiger partial charge in [0.1, 0.15) is 11.7 Å². The first-order chi connectivity index (χ1) is 14.6. The highest BCUT2D eigenvalue weighted by Gasteiger charge is 2.37. The molecule has 1 aliphatic heterocycles. The maximum Gasteiger partial charge on any atom is 0.330 e. The molecule has 0 saturated carbocycles. The molecule has 0 spiro atoms. The summed E-state index contributed by atoms with van der Waals surface area (Å²) in [5.74, 6) is -0.433. The van der Waals surface area contributed by atoms with Crippen molar-refractivity contribution in [2.24, 2.45) is 0 Å². The van der Waals surface area contributed by atoms with Crippen LogP contribution in [0.25, 0.3) is 11.3 Å². The van der Waals surface area contributed by atoms with Gasteiger partial charge in [0.2, 0.25) is 0 Å². The number of esters is 1. The van der Waals surface area contributed by atoms with Gasteiger partial charge in [-0.15, -0.1) is 11.3 Å². The zero-order valence-electron chi connectivity index (χ0n) is 16.3. The lowest BCUT2D eigenvalue weighted by Crippen LogP contribution is -2.57. The minimum atomic E-state index is -0.672. The molecule has 1 unspecified atom stereocenters. The predicted octanol–water partition coefficient (Wildman–Crippen LogP) is 3.59. The molecule has 1 atom stereocenters. The number of anilines is 2. The molecule has 30 heavy (non-hydrogen) atoms. The van der Waals surface area contributed by atoms with Crippen molar-refractivity contribution in [1.29, 1.82) is 0 Å². The van der Waals surface area contributed by atoms with Crippen molar-refractivity contribution in [3.05, 3.63) is 70.1 Å². The average molecular weight is 424 g/mol. The number of carbonyl (C=O) groups is 1. The van der Waals surface area contributed by atoms with Gasteiger partial charge in [-0.25, -0.2) is 9.78 Å². The van der Waals surface area contributed by atoms with Gasteiger partial charge >= 0.3 is 5.97 Å². The fourth-order valence-corrected chi connectivity index (χ4v) is 4.47. The number of carbonyl (C=O) groups excluding carboxylic acids is 1. The lowest BCUT2D eigenvalue weighted by Gasteiger charge is -2.40. The van der Waals surface area contributed by atoms with Crippen molar-refractivity contribution in [3.63, 3.8) is 0 Å². The summed E-state index contributed by atoms with van der Waals surface area (Å²) in [7, 11) is 1.33. The molecule has 1 aromatic heterocycles. The van der Waals surface area contributed by atoms with Crippen LogP contribution in [0, 0.1) is 10.1 Å². The van der Waals surface area contributed by atoms with E-state index in [0.29, 0.717) is 25.3 Å². The minimum Gasteiger partial charge on any atom is -0.467 e. The number of ether oxygens (including phenoxy) is 1. The molecule has 1 aliphatic rings. The SMILES string of the molecule is COC(=O)C1CN(c2nc(-c3ccccc3)cs2)CCN1c1ccccc1[N+](=O)[O-]. The largest absolute Gasteiger partial charge is 0.467 e. The highest BCUT2D eigenvalue weighted by atomic mass is 32.1. The van der Waals surface area contributed by atoms with Crippen LogP contribution in [-0.4, -0.2) is 48.7 Å². The third-order valence-corrected chi connectivity index (χ3v) is 5.98. The summed E-state index contributed by atoms with van der Waals surface area (Å²) in [6.45, 7) is 1.35. The Balaban J connectivity index is 1.61. The summed E-state index contributed by atoms with van der Waals surface area (Å²) < 4.78 is 5.01. The van der Waals surface area contributed by atoms with Gasteiger partial charge in [0.25, 0.3) is 5.69 Å². The Bertz CT molecular complexity index is 1060. The van der Waals surface area contributed by atoms with Gasteiger partial charge in [-0.3, -0.25) is 10.1 Å². The van der Waals surface area contributed by atoms with E-state index >= 15 is 0 Å². The Morgan fingerprint density at radius 2 is 1.90 bits per heavy atom. The molecule has 0 aliphatic carbocycles. The van der Waals surface area contributed by atoms with E-state index in [1.54, 1.807) is 23.1 Å². The second kappa shape index (κ2) is 8.50. The molecule has 3 aromatic rings. The number of nitro benzene ring substituents is 1. The van der Waals surface area contributed by atoms with Crippen LogP contribution in [0.5, 0.6) is 0 Å². The van der Waals surface area contributed by atoms with E-state index in [9.17, 15) is 14.9 Å². The number of benzene rings is 2. The number of methoxy groups -OCH3 is 1. The van der Waals surface area contributed by atoms with E-state index in [0.717, 1.165) is 16.4 Å². The Hall–Kier alpha value is -3.46. The molecule has 0 bridgehead atoms. The smallest absolute Gasteiger partial charge is 0.330 e. The third kappa shape index (κ3) is 3.84. The third-order valence-electron chi connectivity index (χ3n) is 5.07. The van der Waals surface area contributed by atoms with Crippen molar-refractivity contribution >= 4 is 33.8 Å². The molecule has 4 rings (SSSR count). The molecule has 8 nitrogen and oxygen atoms in total. The Morgan fingerprint density at radius 1 is 1.17 bits per heavy atom. The van der Waals surface area contributed by atoms with Gasteiger partial charge in [0.05, 0.1) is 24.3 Å². The van der Waals surface area contributed by atoms with Crippen molar-refractivity contribution in [2.45, 2.75) is 6.04 Å². The number of piperazine rings is 1. The summed E-state index contributed by atoms with van der Waals surface area (Å²) in [5, 5.41) is 14.3. The first-order valence-corrected chi connectivity index (χ1v) is 10.3. The van der Waals surface area contributed by atoms with Gasteiger partial charge in [-0.05, 0) is 6.07 Å². The van der Waals surface area contributed by atoms with E-state index in [4.69, 9.17) is 9.72 Å². The molecule has 1 fully saturated rings.